The van der Waals surface area contributed by atoms with E-state index in [1.807, 2.05) is 6.07 Å². The van der Waals surface area contributed by atoms with Crippen LogP contribution in [0.4, 0.5) is 5.69 Å². The first-order valence-electron chi connectivity index (χ1n) is 10.6. The summed E-state index contributed by atoms with van der Waals surface area (Å²) in [5.74, 6) is 2.14. The monoisotopic (exact) mass is 607 g/mol. The van der Waals surface area contributed by atoms with E-state index in [-0.39, 0.29) is 6.04 Å². The molecule has 1 aliphatic carbocycles. The molecule has 0 amide bonds. The summed E-state index contributed by atoms with van der Waals surface area (Å²) < 4.78 is 13.8. The average molecular weight is 610 g/mol. The van der Waals surface area contributed by atoms with Crippen molar-refractivity contribution in [3.8, 4) is 11.5 Å². The molecule has 5 rings (SSSR count). The number of ether oxygens (including phenoxy) is 2. The molecule has 0 saturated heterocycles. The highest BCUT2D eigenvalue weighted by molar-refractivity contribution is 9.11. The Balaban J connectivity index is 1.46. The van der Waals surface area contributed by atoms with E-state index in [1.54, 1.807) is 19.2 Å². The maximum absolute atomic E-state index is 6.32. The van der Waals surface area contributed by atoms with Crippen LogP contribution in [0.15, 0.2) is 69.6 Å². The summed E-state index contributed by atoms with van der Waals surface area (Å²) in [7, 11) is 1.66. The van der Waals surface area contributed by atoms with Gasteiger partial charge in [0, 0.05) is 26.0 Å². The Bertz CT molecular complexity index is 1250. The van der Waals surface area contributed by atoms with E-state index in [0.29, 0.717) is 40.0 Å². The number of methoxy groups -OCH3 is 1. The van der Waals surface area contributed by atoms with Crippen LogP contribution < -0.4 is 14.8 Å². The molecule has 7 heteroatoms. The molecule has 0 fully saturated rings. The van der Waals surface area contributed by atoms with Crippen molar-refractivity contribution in [1.82, 2.24) is 0 Å². The van der Waals surface area contributed by atoms with E-state index < -0.39 is 0 Å². The summed E-state index contributed by atoms with van der Waals surface area (Å²) in [4.78, 5) is 0. The van der Waals surface area contributed by atoms with Crippen molar-refractivity contribution in [2.24, 2.45) is 5.92 Å². The summed E-state index contributed by atoms with van der Waals surface area (Å²) >= 11 is 19.8. The van der Waals surface area contributed by atoms with Gasteiger partial charge in [-0.25, -0.2) is 0 Å². The van der Waals surface area contributed by atoms with E-state index in [9.17, 15) is 0 Å². The van der Waals surface area contributed by atoms with Gasteiger partial charge in [-0.05, 0) is 85.7 Å². The van der Waals surface area contributed by atoms with Crippen LogP contribution in [-0.4, -0.2) is 7.11 Å². The Labute approximate surface area is 220 Å². The van der Waals surface area contributed by atoms with Gasteiger partial charge >= 0.3 is 0 Å². The molecule has 3 aromatic carbocycles. The van der Waals surface area contributed by atoms with Crippen molar-refractivity contribution in [3.05, 3.63) is 96.4 Å². The number of anilines is 1. The first-order chi connectivity index (χ1) is 16.0. The Morgan fingerprint density at radius 1 is 1.06 bits per heavy atom. The van der Waals surface area contributed by atoms with Gasteiger partial charge in [-0.15, -0.1) is 0 Å². The fourth-order valence-corrected chi connectivity index (χ4v) is 6.29. The van der Waals surface area contributed by atoms with Crippen molar-refractivity contribution in [2.75, 3.05) is 12.4 Å². The Morgan fingerprint density at radius 3 is 2.70 bits per heavy atom. The number of nitrogens with one attached hydrogen (secondary N) is 1. The number of halogens is 4. The standard InChI is InChI=1S/C26H21Br2Cl2NO2/c1-32-23-11-15(10-21(28)26(23)33-13-14-8-9-16(29)12-22(14)30)24-18-5-2-4-17(18)19-6-3-7-20(27)25(19)31-24/h2-4,6-12,17-18,24,31H,5,13H2,1H3/t17-,18+,24+/m1/s1. The summed E-state index contributed by atoms with van der Waals surface area (Å²) in [6.07, 6.45) is 5.66. The summed E-state index contributed by atoms with van der Waals surface area (Å²) in [5.41, 5.74) is 4.50. The third kappa shape index (κ3) is 4.41. The number of rotatable bonds is 5. The normalized spacial score (nSPS) is 20.7. The molecule has 0 spiro atoms. The summed E-state index contributed by atoms with van der Waals surface area (Å²) in [6, 6.07) is 16.1. The molecular weight excluding hydrogens is 589 g/mol. The Hall–Kier alpha value is -1.66. The van der Waals surface area contributed by atoms with E-state index in [4.69, 9.17) is 32.7 Å². The second-order valence-corrected chi connectivity index (χ2v) is 10.8. The predicted molar refractivity (Wildman–Crippen MR) is 142 cm³/mol. The molecule has 1 N–H and O–H groups in total. The molecule has 0 unspecified atom stereocenters. The van der Waals surface area contributed by atoms with Crippen LogP contribution in [0.1, 0.15) is 35.1 Å². The van der Waals surface area contributed by atoms with Gasteiger partial charge in [0.1, 0.15) is 6.61 Å². The van der Waals surface area contributed by atoms with Crippen LogP contribution in [0.3, 0.4) is 0 Å². The molecule has 1 aliphatic heterocycles. The number of benzene rings is 3. The molecule has 170 valence electrons. The SMILES string of the molecule is COc1cc([C@@H]2Nc3c(Br)cccc3[C@@H]3C=CC[C@@H]32)cc(Br)c1OCc1ccc(Cl)cc1Cl. The molecule has 0 radical (unpaired) electrons. The van der Waals surface area contributed by atoms with Gasteiger partial charge in [-0.3, -0.25) is 0 Å². The average Bonchev–Trinajstić information content (AvgIpc) is 3.29. The zero-order valence-corrected chi connectivity index (χ0v) is 22.4. The van der Waals surface area contributed by atoms with Gasteiger partial charge in [0.15, 0.2) is 11.5 Å². The zero-order valence-electron chi connectivity index (χ0n) is 17.7. The number of para-hydroxylation sites is 1. The molecule has 0 saturated carbocycles. The second-order valence-electron chi connectivity index (χ2n) is 8.24. The third-order valence-corrected chi connectivity index (χ3v) is 8.18. The third-order valence-electron chi connectivity index (χ3n) is 6.34. The maximum atomic E-state index is 6.32. The lowest BCUT2D eigenvalue weighted by Crippen LogP contribution is -2.29. The van der Waals surface area contributed by atoms with E-state index >= 15 is 0 Å². The van der Waals surface area contributed by atoms with Crippen molar-refractivity contribution in [1.29, 1.82) is 0 Å². The van der Waals surface area contributed by atoms with Gasteiger partial charge in [-0.2, -0.15) is 0 Å². The molecule has 3 aromatic rings. The molecule has 33 heavy (non-hydrogen) atoms. The highest BCUT2D eigenvalue weighted by Gasteiger charge is 2.39. The van der Waals surface area contributed by atoms with Crippen LogP contribution in [-0.2, 0) is 6.61 Å². The minimum absolute atomic E-state index is 0.140. The minimum Gasteiger partial charge on any atom is -0.493 e. The predicted octanol–water partition coefficient (Wildman–Crippen LogP) is 8.93. The van der Waals surface area contributed by atoms with Gasteiger partial charge < -0.3 is 14.8 Å². The second kappa shape index (κ2) is 9.53. The van der Waals surface area contributed by atoms with Gasteiger partial charge in [-0.1, -0.05) is 53.6 Å². The van der Waals surface area contributed by atoms with Gasteiger partial charge in [0.2, 0.25) is 0 Å². The number of allylic oxidation sites excluding steroid dienone is 2. The van der Waals surface area contributed by atoms with Crippen molar-refractivity contribution >= 4 is 60.7 Å². The van der Waals surface area contributed by atoms with Crippen molar-refractivity contribution in [3.63, 3.8) is 0 Å². The molecule has 0 bridgehead atoms. The number of fused-ring (bicyclic) bond motifs is 3. The van der Waals surface area contributed by atoms with Crippen molar-refractivity contribution in [2.45, 2.75) is 25.0 Å². The van der Waals surface area contributed by atoms with E-state index in [2.05, 4.69) is 79.7 Å². The van der Waals surface area contributed by atoms with Gasteiger partial charge in [0.25, 0.3) is 0 Å². The fraction of sp³-hybridized carbons (Fsp3) is 0.231. The van der Waals surface area contributed by atoms with Crippen LogP contribution >= 0.6 is 55.1 Å². The van der Waals surface area contributed by atoms with E-state index in [1.165, 1.54) is 5.56 Å². The van der Waals surface area contributed by atoms with Crippen LogP contribution in [0.25, 0.3) is 0 Å². The Morgan fingerprint density at radius 2 is 1.91 bits per heavy atom. The lowest BCUT2D eigenvalue weighted by molar-refractivity contribution is 0.282. The Kier molecular flexibility index (Phi) is 6.67. The van der Waals surface area contributed by atoms with Crippen LogP contribution in [0, 0.1) is 5.92 Å². The lowest BCUT2D eigenvalue weighted by atomic mass is 9.77. The van der Waals surface area contributed by atoms with Gasteiger partial charge in [0.05, 0.1) is 23.3 Å². The topological polar surface area (TPSA) is 30.5 Å². The highest BCUT2D eigenvalue weighted by atomic mass is 79.9. The lowest BCUT2D eigenvalue weighted by Gasteiger charge is -2.38. The quantitative estimate of drug-likeness (QED) is 0.293. The molecule has 0 aromatic heterocycles. The zero-order chi connectivity index (χ0) is 23.1. The minimum atomic E-state index is 0.140. The smallest absolute Gasteiger partial charge is 0.175 e. The first-order valence-corrected chi connectivity index (χ1v) is 13.0. The number of hydrogen-bond donors (Lipinski definition) is 1. The molecule has 1 heterocycles. The summed E-state index contributed by atoms with van der Waals surface area (Å²) in [6.45, 7) is 0.306. The van der Waals surface area contributed by atoms with Crippen molar-refractivity contribution < 1.29 is 9.47 Å². The molecule has 2 aliphatic rings. The van der Waals surface area contributed by atoms with Crippen LogP contribution in [0.2, 0.25) is 10.0 Å². The fourth-order valence-electron chi connectivity index (χ4n) is 4.76. The summed E-state index contributed by atoms with van der Waals surface area (Å²) in [5, 5.41) is 4.96. The number of hydrogen-bond acceptors (Lipinski definition) is 3. The largest absolute Gasteiger partial charge is 0.493 e. The molecule has 3 nitrogen and oxygen atoms in total. The maximum Gasteiger partial charge on any atom is 0.175 e. The first kappa shape index (κ1) is 23.1. The highest BCUT2D eigenvalue weighted by Crippen LogP contribution is 2.52. The van der Waals surface area contributed by atoms with Crippen LogP contribution in [0.5, 0.6) is 11.5 Å². The molecule has 3 atom stereocenters. The van der Waals surface area contributed by atoms with E-state index in [0.717, 1.165) is 32.2 Å². The molecular formula is C26H21Br2Cl2NO2.